The lowest BCUT2D eigenvalue weighted by molar-refractivity contribution is 0.199. The van der Waals surface area contributed by atoms with Gasteiger partial charge in [0, 0.05) is 18.5 Å². The molecule has 118 valence electrons. The van der Waals surface area contributed by atoms with E-state index >= 15 is 0 Å². The van der Waals surface area contributed by atoms with E-state index in [0.717, 1.165) is 42.0 Å². The largest absolute Gasteiger partial charge is 0.389 e. The Morgan fingerprint density at radius 1 is 1.22 bits per heavy atom. The molecule has 1 N–H and O–H groups in total. The Labute approximate surface area is 133 Å². The number of hydrogen-bond acceptors (Lipinski definition) is 5. The zero-order valence-corrected chi connectivity index (χ0v) is 12.9. The molecule has 0 spiro atoms. The van der Waals surface area contributed by atoms with Gasteiger partial charge in [-0.05, 0) is 25.3 Å². The highest BCUT2D eigenvalue weighted by atomic mass is 16.5. The van der Waals surface area contributed by atoms with Gasteiger partial charge in [0.1, 0.15) is 11.5 Å². The van der Waals surface area contributed by atoms with Crippen LogP contribution in [-0.2, 0) is 13.0 Å². The Morgan fingerprint density at radius 2 is 2.04 bits per heavy atom. The van der Waals surface area contributed by atoms with E-state index in [1.165, 1.54) is 6.42 Å². The first-order valence-electron chi connectivity index (χ1n) is 7.89. The van der Waals surface area contributed by atoms with Gasteiger partial charge in [-0.3, -0.25) is 0 Å². The topological polar surface area (TPSA) is 77.0 Å². The third-order valence-corrected chi connectivity index (χ3v) is 4.27. The number of benzene rings is 1. The smallest absolute Gasteiger partial charge is 0.276 e. The average Bonchev–Trinajstić information content (AvgIpc) is 3.21. The number of aliphatic hydroxyl groups is 1. The van der Waals surface area contributed by atoms with Crippen LogP contribution in [0.15, 0.2) is 35.0 Å². The molecule has 0 saturated carbocycles. The quantitative estimate of drug-likeness (QED) is 0.804. The summed E-state index contributed by atoms with van der Waals surface area (Å²) in [5.74, 6) is 2.14. The number of imidazole rings is 1. The lowest BCUT2D eigenvalue weighted by atomic mass is 10.1. The summed E-state index contributed by atoms with van der Waals surface area (Å²) in [5, 5.41) is 13.6. The summed E-state index contributed by atoms with van der Waals surface area (Å²) in [7, 11) is 0. The maximum absolute atomic E-state index is 9.57. The molecule has 6 heteroatoms. The van der Waals surface area contributed by atoms with Gasteiger partial charge < -0.3 is 14.2 Å². The number of aliphatic hydroxyl groups excluding tert-OH is 1. The highest BCUT2D eigenvalue weighted by Crippen LogP contribution is 2.26. The molecule has 1 atom stereocenters. The van der Waals surface area contributed by atoms with E-state index < -0.39 is 6.10 Å². The van der Waals surface area contributed by atoms with Crippen molar-refractivity contribution in [3.8, 4) is 23.0 Å². The minimum Gasteiger partial charge on any atom is -0.389 e. The molecule has 0 radical (unpaired) electrons. The van der Waals surface area contributed by atoms with E-state index in [2.05, 4.69) is 19.7 Å². The summed E-state index contributed by atoms with van der Waals surface area (Å²) < 4.78 is 7.60. The van der Waals surface area contributed by atoms with E-state index in [0.29, 0.717) is 11.7 Å². The van der Waals surface area contributed by atoms with Crippen molar-refractivity contribution in [3.63, 3.8) is 0 Å². The van der Waals surface area contributed by atoms with Crippen LogP contribution in [0.25, 0.3) is 23.0 Å². The molecule has 23 heavy (non-hydrogen) atoms. The molecule has 1 aliphatic rings. The van der Waals surface area contributed by atoms with E-state index in [1.807, 2.05) is 30.5 Å². The Bertz CT molecular complexity index is 817. The zero-order chi connectivity index (χ0) is 15.8. The van der Waals surface area contributed by atoms with Crippen LogP contribution >= 0.6 is 0 Å². The molecule has 3 heterocycles. The van der Waals surface area contributed by atoms with Crippen molar-refractivity contribution in [1.29, 1.82) is 0 Å². The maximum Gasteiger partial charge on any atom is 0.276 e. The van der Waals surface area contributed by atoms with E-state index in [4.69, 9.17) is 4.52 Å². The molecule has 0 saturated heterocycles. The molecule has 6 nitrogen and oxygen atoms in total. The first kappa shape index (κ1) is 14.1. The number of aromatic nitrogens is 4. The Hall–Kier alpha value is -2.47. The van der Waals surface area contributed by atoms with Gasteiger partial charge in [-0.2, -0.15) is 4.98 Å². The normalized spacial score (nSPS) is 15.4. The van der Waals surface area contributed by atoms with Crippen LogP contribution in [0.4, 0.5) is 0 Å². The summed E-state index contributed by atoms with van der Waals surface area (Å²) >= 11 is 0. The summed E-state index contributed by atoms with van der Waals surface area (Å²) in [6.07, 6.45) is 4.67. The lowest BCUT2D eigenvalue weighted by Crippen LogP contribution is -2.11. The molecule has 3 aromatic rings. The van der Waals surface area contributed by atoms with E-state index in [9.17, 15) is 5.11 Å². The number of aryl methyl sites for hydroxylation is 1. The number of nitrogens with zero attached hydrogens (tertiary/aromatic N) is 4. The molecule has 0 bridgehead atoms. The number of hydrogen-bond donors (Lipinski definition) is 1. The molecular weight excluding hydrogens is 292 g/mol. The van der Waals surface area contributed by atoms with Crippen LogP contribution in [-0.4, -0.2) is 24.8 Å². The van der Waals surface area contributed by atoms with Gasteiger partial charge >= 0.3 is 0 Å². The zero-order valence-electron chi connectivity index (χ0n) is 12.9. The van der Waals surface area contributed by atoms with Crippen LogP contribution in [0, 0.1) is 0 Å². The minimum atomic E-state index is -0.483. The Balaban J connectivity index is 1.65. The summed E-state index contributed by atoms with van der Waals surface area (Å²) in [4.78, 5) is 8.96. The SMILES string of the molecule is C[C@@H](O)c1ccc(-c2noc(-c3cnc4n3CCCC4)n2)cc1. The van der Waals surface area contributed by atoms with E-state index in [-0.39, 0.29) is 0 Å². The first-order valence-corrected chi connectivity index (χ1v) is 7.89. The fraction of sp³-hybridized carbons (Fsp3) is 0.353. The highest BCUT2D eigenvalue weighted by molar-refractivity contribution is 5.58. The van der Waals surface area contributed by atoms with Crippen molar-refractivity contribution in [2.45, 2.75) is 38.8 Å². The van der Waals surface area contributed by atoms with Crippen molar-refractivity contribution in [2.24, 2.45) is 0 Å². The predicted octanol–water partition coefficient (Wildman–Crippen LogP) is 2.99. The van der Waals surface area contributed by atoms with Crippen molar-refractivity contribution in [2.75, 3.05) is 0 Å². The maximum atomic E-state index is 9.57. The second-order valence-electron chi connectivity index (χ2n) is 5.89. The molecule has 1 aliphatic heterocycles. The van der Waals surface area contributed by atoms with Crippen LogP contribution < -0.4 is 0 Å². The van der Waals surface area contributed by atoms with Crippen molar-refractivity contribution in [1.82, 2.24) is 19.7 Å². The van der Waals surface area contributed by atoms with Gasteiger partial charge in [0.2, 0.25) is 5.82 Å². The van der Waals surface area contributed by atoms with Gasteiger partial charge in [-0.25, -0.2) is 4.98 Å². The van der Waals surface area contributed by atoms with Crippen LogP contribution in [0.1, 0.15) is 37.3 Å². The molecule has 1 aromatic carbocycles. The molecule has 4 rings (SSSR count). The van der Waals surface area contributed by atoms with Gasteiger partial charge in [0.25, 0.3) is 5.89 Å². The molecule has 0 aliphatic carbocycles. The monoisotopic (exact) mass is 310 g/mol. The average molecular weight is 310 g/mol. The van der Waals surface area contributed by atoms with Gasteiger partial charge in [0.05, 0.1) is 12.3 Å². The fourth-order valence-electron chi connectivity index (χ4n) is 2.94. The second-order valence-corrected chi connectivity index (χ2v) is 5.89. The third kappa shape index (κ3) is 2.55. The fourth-order valence-corrected chi connectivity index (χ4v) is 2.94. The molecular formula is C17H18N4O2. The summed E-state index contributed by atoms with van der Waals surface area (Å²) in [6, 6.07) is 7.53. The summed E-state index contributed by atoms with van der Waals surface area (Å²) in [6.45, 7) is 2.69. The molecule has 0 amide bonds. The predicted molar refractivity (Wildman–Crippen MR) is 84.5 cm³/mol. The van der Waals surface area contributed by atoms with Crippen molar-refractivity contribution in [3.05, 3.63) is 41.9 Å². The van der Waals surface area contributed by atoms with Crippen LogP contribution in [0.3, 0.4) is 0 Å². The standard InChI is InChI=1S/C17H18N4O2/c1-11(22)12-5-7-13(8-6-12)16-19-17(23-20-16)14-10-18-15-4-2-3-9-21(14)15/h5-8,10-11,22H,2-4,9H2,1H3/t11-/m1/s1. The Kier molecular flexibility index (Phi) is 3.46. The Morgan fingerprint density at radius 3 is 2.83 bits per heavy atom. The van der Waals surface area contributed by atoms with Crippen molar-refractivity contribution >= 4 is 0 Å². The van der Waals surface area contributed by atoms with E-state index in [1.54, 1.807) is 6.92 Å². The lowest BCUT2D eigenvalue weighted by Gasteiger charge is -2.14. The molecule has 2 aromatic heterocycles. The third-order valence-electron chi connectivity index (χ3n) is 4.27. The number of fused-ring (bicyclic) bond motifs is 1. The van der Waals surface area contributed by atoms with Crippen LogP contribution in [0.5, 0.6) is 0 Å². The minimum absolute atomic E-state index is 0.483. The first-order chi connectivity index (χ1) is 11.2. The van der Waals surface area contributed by atoms with Gasteiger partial charge in [0.15, 0.2) is 0 Å². The molecule has 0 unspecified atom stereocenters. The highest BCUT2D eigenvalue weighted by Gasteiger charge is 2.20. The second kappa shape index (κ2) is 5.62. The van der Waals surface area contributed by atoms with Crippen LogP contribution in [0.2, 0.25) is 0 Å². The number of rotatable bonds is 3. The molecule has 0 fully saturated rings. The van der Waals surface area contributed by atoms with Gasteiger partial charge in [-0.15, -0.1) is 0 Å². The summed E-state index contributed by atoms with van der Waals surface area (Å²) in [5.41, 5.74) is 2.61. The van der Waals surface area contributed by atoms with Gasteiger partial charge in [-0.1, -0.05) is 29.4 Å². The van der Waals surface area contributed by atoms with Crippen molar-refractivity contribution < 1.29 is 9.63 Å².